The Labute approximate surface area is 148 Å². The zero-order chi connectivity index (χ0) is 18.9. The highest BCUT2D eigenvalue weighted by atomic mass is 31.2. The molecule has 3 aromatic rings. The average molecular weight is 374 g/mol. The van der Waals surface area contributed by atoms with Crippen molar-refractivity contribution in [3.8, 4) is 0 Å². The predicted octanol–water partition coefficient (Wildman–Crippen LogP) is 2.25. The molecule has 1 unspecified atom stereocenters. The Bertz CT molecular complexity index is 1070. The van der Waals surface area contributed by atoms with Crippen LogP contribution in [0.15, 0.2) is 63.8 Å². The summed E-state index contributed by atoms with van der Waals surface area (Å²) < 4.78 is 22.9. The second-order valence-electron chi connectivity index (χ2n) is 5.58. The van der Waals surface area contributed by atoms with E-state index in [1.54, 1.807) is 42.5 Å². The van der Waals surface area contributed by atoms with E-state index >= 15 is 0 Å². The van der Waals surface area contributed by atoms with Gasteiger partial charge in [-0.2, -0.15) is 0 Å². The molecule has 2 aromatic carbocycles. The summed E-state index contributed by atoms with van der Waals surface area (Å²) in [6.45, 7) is 1.16. The van der Waals surface area contributed by atoms with Gasteiger partial charge in [0, 0.05) is 12.5 Å². The summed E-state index contributed by atoms with van der Waals surface area (Å²) in [6, 6.07) is 14.4. The lowest BCUT2D eigenvalue weighted by atomic mass is 10.1. The van der Waals surface area contributed by atoms with Gasteiger partial charge in [0.15, 0.2) is 17.2 Å². The number of benzene rings is 2. The van der Waals surface area contributed by atoms with Crippen molar-refractivity contribution in [2.24, 2.45) is 0 Å². The van der Waals surface area contributed by atoms with Crippen LogP contribution in [-0.4, -0.2) is 15.8 Å². The number of para-hydroxylation sites is 1. The lowest BCUT2D eigenvalue weighted by molar-refractivity contribution is -0.145. The zero-order valence-corrected chi connectivity index (χ0v) is 14.6. The van der Waals surface area contributed by atoms with Crippen LogP contribution in [0.5, 0.6) is 0 Å². The molecule has 0 aliphatic rings. The van der Waals surface area contributed by atoms with Crippen LogP contribution in [0.4, 0.5) is 0 Å². The summed E-state index contributed by atoms with van der Waals surface area (Å²) in [5, 5.41) is -0.782. The van der Waals surface area contributed by atoms with Gasteiger partial charge in [-0.15, -0.1) is 0 Å². The first kappa shape index (κ1) is 18.1. The van der Waals surface area contributed by atoms with E-state index < -0.39 is 30.4 Å². The van der Waals surface area contributed by atoms with Gasteiger partial charge in [0.05, 0.1) is 5.39 Å². The quantitative estimate of drug-likeness (QED) is 0.532. The fourth-order valence-electron chi connectivity index (χ4n) is 2.67. The Morgan fingerprint density at radius 2 is 1.69 bits per heavy atom. The van der Waals surface area contributed by atoms with Gasteiger partial charge in [-0.1, -0.05) is 42.5 Å². The molecule has 0 fully saturated rings. The smallest absolute Gasteiger partial charge is 0.363 e. The van der Waals surface area contributed by atoms with Crippen molar-refractivity contribution in [2.45, 2.75) is 13.0 Å². The van der Waals surface area contributed by atoms with E-state index in [0.29, 0.717) is 5.56 Å². The Kier molecular flexibility index (Phi) is 4.78. The summed E-state index contributed by atoms with van der Waals surface area (Å²) in [5.41, 5.74) is -0.308. The molecule has 3 rings (SSSR count). The molecule has 0 saturated heterocycles. The molecule has 0 saturated carbocycles. The number of carbonyl (C=O) groups excluding carboxylic acids is 1. The second-order valence-corrected chi connectivity index (χ2v) is 7.12. The Morgan fingerprint density at radius 1 is 1.08 bits per heavy atom. The maximum Gasteiger partial charge on any atom is 0.363 e. The highest BCUT2D eigenvalue weighted by Crippen LogP contribution is 2.38. The average Bonchev–Trinajstić information content (AvgIpc) is 2.59. The standard InChI is InChI=1S/C18H15O7P/c1-11(19)24-16(12-7-3-2-4-8-12)17-18(26(21,22)23)15(20)13-9-5-6-10-14(13)25-17/h2-10,16H,1H3,(H2,21,22,23). The molecule has 0 bridgehead atoms. The number of esters is 1. The van der Waals surface area contributed by atoms with E-state index in [0.717, 1.165) is 6.92 Å². The molecular weight excluding hydrogens is 359 g/mol. The molecule has 0 spiro atoms. The summed E-state index contributed by atoms with van der Waals surface area (Å²) in [7, 11) is -5.01. The van der Waals surface area contributed by atoms with Crippen LogP contribution in [0.2, 0.25) is 0 Å². The highest BCUT2D eigenvalue weighted by Gasteiger charge is 2.35. The maximum atomic E-state index is 12.7. The molecule has 26 heavy (non-hydrogen) atoms. The number of ether oxygens (including phenoxy) is 1. The molecule has 7 nitrogen and oxygen atoms in total. The van der Waals surface area contributed by atoms with Gasteiger partial charge in [0.25, 0.3) is 0 Å². The fourth-order valence-corrected chi connectivity index (χ4v) is 3.50. The summed E-state index contributed by atoms with van der Waals surface area (Å²) in [5.74, 6) is -1.07. The largest absolute Gasteiger partial charge is 0.455 e. The van der Waals surface area contributed by atoms with E-state index in [1.165, 1.54) is 12.1 Å². The molecule has 2 N–H and O–H groups in total. The zero-order valence-electron chi connectivity index (χ0n) is 13.7. The summed E-state index contributed by atoms with van der Waals surface area (Å²) in [6.07, 6.45) is -1.27. The molecule has 1 heterocycles. The van der Waals surface area contributed by atoms with Crippen LogP contribution < -0.4 is 10.7 Å². The number of carbonyl (C=O) groups is 1. The third kappa shape index (κ3) is 3.46. The minimum Gasteiger partial charge on any atom is -0.455 e. The third-order valence-electron chi connectivity index (χ3n) is 3.72. The SMILES string of the molecule is CC(=O)OC(c1ccccc1)c1oc2ccccc2c(=O)c1P(=O)(O)O. The first-order valence-electron chi connectivity index (χ1n) is 7.63. The monoisotopic (exact) mass is 374 g/mol. The van der Waals surface area contributed by atoms with E-state index in [1.807, 2.05) is 0 Å². The van der Waals surface area contributed by atoms with Gasteiger partial charge in [0.2, 0.25) is 5.43 Å². The topological polar surface area (TPSA) is 114 Å². The lowest BCUT2D eigenvalue weighted by Gasteiger charge is -2.20. The molecule has 8 heteroatoms. The van der Waals surface area contributed by atoms with Gasteiger partial charge < -0.3 is 18.9 Å². The van der Waals surface area contributed by atoms with Crippen LogP contribution >= 0.6 is 7.60 Å². The molecule has 1 aromatic heterocycles. The Morgan fingerprint density at radius 3 is 2.31 bits per heavy atom. The van der Waals surface area contributed by atoms with Crippen molar-refractivity contribution in [3.63, 3.8) is 0 Å². The highest BCUT2D eigenvalue weighted by molar-refractivity contribution is 7.60. The van der Waals surface area contributed by atoms with E-state index in [-0.39, 0.29) is 16.7 Å². The van der Waals surface area contributed by atoms with Crippen molar-refractivity contribution in [2.75, 3.05) is 0 Å². The van der Waals surface area contributed by atoms with Gasteiger partial charge in [-0.05, 0) is 12.1 Å². The van der Waals surface area contributed by atoms with Crippen molar-refractivity contribution in [3.05, 3.63) is 76.1 Å². The van der Waals surface area contributed by atoms with Crippen LogP contribution in [-0.2, 0) is 14.1 Å². The molecule has 0 aliphatic heterocycles. The van der Waals surface area contributed by atoms with Crippen LogP contribution in [0, 0.1) is 0 Å². The summed E-state index contributed by atoms with van der Waals surface area (Å²) in [4.78, 5) is 43.8. The van der Waals surface area contributed by atoms with Crippen molar-refractivity contribution in [1.82, 2.24) is 0 Å². The molecular formula is C18H15O7P. The van der Waals surface area contributed by atoms with Crippen LogP contribution in [0.3, 0.4) is 0 Å². The summed E-state index contributed by atoms with van der Waals surface area (Å²) >= 11 is 0. The number of rotatable bonds is 4. The third-order valence-corrected chi connectivity index (χ3v) is 4.72. The normalized spacial score (nSPS) is 12.7. The molecule has 0 radical (unpaired) electrons. The number of fused-ring (bicyclic) bond motifs is 1. The molecule has 0 amide bonds. The maximum absolute atomic E-state index is 12.7. The molecule has 1 atom stereocenters. The first-order valence-corrected chi connectivity index (χ1v) is 9.24. The number of hydrogen-bond acceptors (Lipinski definition) is 5. The van der Waals surface area contributed by atoms with Crippen molar-refractivity contribution in [1.29, 1.82) is 0 Å². The minimum atomic E-state index is -5.01. The number of hydrogen-bond donors (Lipinski definition) is 2. The van der Waals surface area contributed by atoms with Crippen LogP contribution in [0.25, 0.3) is 11.0 Å². The van der Waals surface area contributed by atoms with E-state index in [4.69, 9.17) is 9.15 Å². The van der Waals surface area contributed by atoms with Gasteiger partial charge in [-0.3, -0.25) is 14.2 Å². The van der Waals surface area contributed by atoms with Gasteiger partial charge in [0.1, 0.15) is 5.58 Å². The van der Waals surface area contributed by atoms with Crippen LogP contribution in [0.1, 0.15) is 24.4 Å². The second kappa shape index (κ2) is 6.88. The van der Waals surface area contributed by atoms with Crippen molar-refractivity contribution < 1.29 is 28.3 Å². The van der Waals surface area contributed by atoms with Crippen molar-refractivity contribution >= 4 is 29.8 Å². The molecule has 134 valence electrons. The molecule has 0 aliphatic carbocycles. The fraction of sp³-hybridized carbons (Fsp3) is 0.111. The van der Waals surface area contributed by atoms with Gasteiger partial charge >= 0.3 is 13.6 Å². The van der Waals surface area contributed by atoms with E-state index in [9.17, 15) is 23.9 Å². The van der Waals surface area contributed by atoms with E-state index in [2.05, 4.69) is 0 Å². The minimum absolute atomic E-state index is 0.0317. The Balaban J connectivity index is 2.38. The lowest BCUT2D eigenvalue weighted by Crippen LogP contribution is -2.31. The van der Waals surface area contributed by atoms with Gasteiger partial charge in [-0.25, -0.2) is 0 Å². The first-order chi connectivity index (χ1) is 12.3. The Hall–Kier alpha value is -2.73. The predicted molar refractivity (Wildman–Crippen MR) is 94.2 cm³/mol.